The van der Waals surface area contributed by atoms with E-state index >= 15 is 0 Å². The lowest BCUT2D eigenvalue weighted by atomic mass is 10.1. The Labute approximate surface area is 122 Å². The summed E-state index contributed by atoms with van der Waals surface area (Å²) in [7, 11) is 0. The van der Waals surface area contributed by atoms with E-state index in [9.17, 15) is 14.9 Å². The lowest BCUT2D eigenvalue weighted by Gasteiger charge is -2.26. The van der Waals surface area contributed by atoms with E-state index < -0.39 is 10.8 Å². The first-order chi connectivity index (χ1) is 10.1. The van der Waals surface area contributed by atoms with Gasteiger partial charge in [0.2, 0.25) is 5.91 Å². The van der Waals surface area contributed by atoms with Crippen molar-refractivity contribution in [2.75, 3.05) is 44.7 Å². The number of morpholine rings is 1. The van der Waals surface area contributed by atoms with Gasteiger partial charge < -0.3 is 15.8 Å². The molecule has 0 spiro atoms. The average Bonchev–Trinajstić information content (AvgIpc) is 2.48. The molecule has 0 unspecified atom stereocenters. The Morgan fingerprint density at radius 2 is 2.14 bits per heavy atom. The van der Waals surface area contributed by atoms with E-state index in [0.29, 0.717) is 25.4 Å². The van der Waals surface area contributed by atoms with Gasteiger partial charge in [0.05, 0.1) is 18.1 Å². The summed E-state index contributed by atoms with van der Waals surface area (Å²) in [4.78, 5) is 23.9. The number of hydrogen-bond donors (Lipinski definition) is 2. The van der Waals surface area contributed by atoms with Gasteiger partial charge in [-0.3, -0.25) is 19.8 Å². The molecule has 1 aromatic rings. The van der Waals surface area contributed by atoms with Gasteiger partial charge in [-0.1, -0.05) is 0 Å². The molecule has 0 aliphatic carbocycles. The summed E-state index contributed by atoms with van der Waals surface area (Å²) in [6.07, 6.45) is 0. The van der Waals surface area contributed by atoms with Crippen LogP contribution in [-0.4, -0.2) is 55.1 Å². The summed E-state index contributed by atoms with van der Waals surface area (Å²) in [5.74, 6) is -0.610. The molecule has 1 aromatic carbocycles. The summed E-state index contributed by atoms with van der Waals surface area (Å²) in [6.45, 7) is 4.41. The second-order valence-electron chi connectivity index (χ2n) is 4.73. The fourth-order valence-electron chi connectivity index (χ4n) is 2.16. The molecule has 1 fully saturated rings. The zero-order valence-electron chi connectivity index (χ0n) is 11.6. The van der Waals surface area contributed by atoms with Crippen LogP contribution in [0.1, 0.15) is 10.4 Å². The van der Waals surface area contributed by atoms with Crippen molar-refractivity contribution in [3.63, 3.8) is 0 Å². The first-order valence-electron chi connectivity index (χ1n) is 6.70. The summed E-state index contributed by atoms with van der Waals surface area (Å²) in [6, 6.07) is 4.06. The Morgan fingerprint density at radius 1 is 1.43 bits per heavy atom. The third-order valence-electron chi connectivity index (χ3n) is 3.32. The normalized spacial score (nSPS) is 15.6. The van der Waals surface area contributed by atoms with Crippen LogP contribution >= 0.6 is 0 Å². The number of anilines is 1. The predicted molar refractivity (Wildman–Crippen MR) is 77.4 cm³/mol. The fourth-order valence-corrected chi connectivity index (χ4v) is 2.16. The summed E-state index contributed by atoms with van der Waals surface area (Å²) in [5, 5.41) is 14.0. The van der Waals surface area contributed by atoms with Crippen molar-refractivity contribution < 1.29 is 14.5 Å². The molecule has 8 nitrogen and oxygen atoms in total. The number of carbonyl (C=O) groups excluding carboxylic acids is 1. The SMILES string of the molecule is NC(=O)c1ccc([N+](=O)[O-])c(NCCN2CCOCC2)c1. The number of amides is 1. The van der Waals surface area contributed by atoms with E-state index in [4.69, 9.17) is 10.5 Å². The van der Waals surface area contributed by atoms with Crippen LogP contribution in [-0.2, 0) is 4.74 Å². The highest BCUT2D eigenvalue weighted by atomic mass is 16.6. The van der Waals surface area contributed by atoms with Gasteiger partial charge in [0.15, 0.2) is 0 Å². The zero-order valence-corrected chi connectivity index (χ0v) is 11.6. The fraction of sp³-hybridized carbons (Fsp3) is 0.462. The minimum absolute atomic E-state index is 0.0676. The second kappa shape index (κ2) is 7.00. The standard InChI is InChI=1S/C13H18N4O4/c14-13(18)10-1-2-12(17(19)20)11(9-10)15-3-4-16-5-7-21-8-6-16/h1-2,9,15H,3-8H2,(H2,14,18). The number of carbonyl (C=O) groups is 1. The van der Waals surface area contributed by atoms with Crippen LogP contribution in [0.3, 0.4) is 0 Å². The van der Waals surface area contributed by atoms with Gasteiger partial charge in [0.1, 0.15) is 5.69 Å². The highest BCUT2D eigenvalue weighted by Crippen LogP contribution is 2.25. The molecule has 1 aliphatic rings. The molecular formula is C13H18N4O4. The number of nitrogens with zero attached hydrogens (tertiary/aromatic N) is 2. The molecule has 114 valence electrons. The summed E-state index contributed by atoms with van der Waals surface area (Å²) < 4.78 is 5.25. The van der Waals surface area contributed by atoms with Crippen LogP contribution in [0.15, 0.2) is 18.2 Å². The molecule has 1 heterocycles. The first kappa shape index (κ1) is 15.2. The second-order valence-corrected chi connectivity index (χ2v) is 4.73. The monoisotopic (exact) mass is 294 g/mol. The van der Waals surface area contributed by atoms with Gasteiger partial charge in [-0.05, 0) is 12.1 Å². The molecule has 0 bridgehead atoms. The Balaban J connectivity index is 2.00. The van der Waals surface area contributed by atoms with Gasteiger partial charge >= 0.3 is 0 Å². The maximum absolute atomic E-state index is 11.2. The van der Waals surface area contributed by atoms with Crippen molar-refractivity contribution >= 4 is 17.3 Å². The molecule has 0 aromatic heterocycles. The first-order valence-corrected chi connectivity index (χ1v) is 6.70. The van der Waals surface area contributed by atoms with Gasteiger partial charge in [0, 0.05) is 37.8 Å². The van der Waals surface area contributed by atoms with Crippen molar-refractivity contribution in [1.82, 2.24) is 4.90 Å². The van der Waals surface area contributed by atoms with Crippen molar-refractivity contribution in [1.29, 1.82) is 0 Å². The minimum Gasteiger partial charge on any atom is -0.379 e. The van der Waals surface area contributed by atoms with Crippen LogP contribution in [0.2, 0.25) is 0 Å². The van der Waals surface area contributed by atoms with Crippen molar-refractivity contribution in [3.05, 3.63) is 33.9 Å². The zero-order chi connectivity index (χ0) is 15.2. The number of nitro groups is 1. The third kappa shape index (κ3) is 4.14. The number of ether oxygens (including phenoxy) is 1. The van der Waals surface area contributed by atoms with Gasteiger partial charge in [-0.15, -0.1) is 0 Å². The molecule has 21 heavy (non-hydrogen) atoms. The Hall–Kier alpha value is -2.19. The van der Waals surface area contributed by atoms with E-state index in [2.05, 4.69) is 10.2 Å². The maximum Gasteiger partial charge on any atom is 0.292 e. The number of benzene rings is 1. The molecule has 0 saturated carbocycles. The molecule has 1 amide bonds. The summed E-state index contributed by atoms with van der Waals surface area (Å²) in [5.41, 5.74) is 5.68. The number of nitrogens with one attached hydrogen (secondary N) is 1. The number of nitro benzene ring substituents is 1. The Kier molecular flexibility index (Phi) is 5.07. The Bertz CT molecular complexity index is 529. The van der Waals surface area contributed by atoms with Crippen LogP contribution in [0.4, 0.5) is 11.4 Å². The molecular weight excluding hydrogens is 276 g/mol. The lowest BCUT2D eigenvalue weighted by Crippen LogP contribution is -2.39. The van der Waals surface area contributed by atoms with Gasteiger partial charge in [0.25, 0.3) is 5.69 Å². The molecule has 1 aliphatic heterocycles. The molecule has 0 atom stereocenters. The highest BCUT2D eigenvalue weighted by Gasteiger charge is 2.16. The number of hydrogen-bond acceptors (Lipinski definition) is 6. The summed E-state index contributed by atoms with van der Waals surface area (Å²) >= 11 is 0. The van der Waals surface area contributed by atoms with Gasteiger partial charge in [-0.2, -0.15) is 0 Å². The van der Waals surface area contributed by atoms with Crippen LogP contribution in [0.25, 0.3) is 0 Å². The topological polar surface area (TPSA) is 111 Å². The predicted octanol–water partition coefficient (Wildman–Crippen LogP) is 0.438. The Morgan fingerprint density at radius 3 is 2.76 bits per heavy atom. The molecule has 2 rings (SSSR count). The lowest BCUT2D eigenvalue weighted by molar-refractivity contribution is -0.384. The third-order valence-corrected chi connectivity index (χ3v) is 3.32. The van der Waals surface area contributed by atoms with E-state index in [1.807, 2.05) is 0 Å². The van der Waals surface area contributed by atoms with Crippen LogP contribution < -0.4 is 11.1 Å². The van der Waals surface area contributed by atoms with Gasteiger partial charge in [-0.25, -0.2) is 0 Å². The average molecular weight is 294 g/mol. The molecule has 8 heteroatoms. The van der Waals surface area contributed by atoms with Crippen molar-refractivity contribution in [2.45, 2.75) is 0 Å². The number of rotatable bonds is 6. The van der Waals surface area contributed by atoms with E-state index in [0.717, 1.165) is 19.6 Å². The minimum atomic E-state index is -0.610. The van der Waals surface area contributed by atoms with Crippen LogP contribution in [0, 0.1) is 10.1 Å². The highest BCUT2D eigenvalue weighted by molar-refractivity contribution is 5.94. The van der Waals surface area contributed by atoms with E-state index in [1.165, 1.54) is 18.2 Å². The van der Waals surface area contributed by atoms with Crippen molar-refractivity contribution in [3.8, 4) is 0 Å². The molecule has 0 radical (unpaired) electrons. The van der Waals surface area contributed by atoms with E-state index in [1.54, 1.807) is 0 Å². The quantitative estimate of drug-likeness (QED) is 0.581. The molecule has 3 N–H and O–H groups in total. The largest absolute Gasteiger partial charge is 0.379 e. The van der Waals surface area contributed by atoms with E-state index in [-0.39, 0.29) is 11.3 Å². The number of nitrogens with two attached hydrogens (primary N) is 1. The number of primary amides is 1. The maximum atomic E-state index is 11.2. The molecule has 1 saturated heterocycles. The van der Waals surface area contributed by atoms with Crippen LogP contribution in [0.5, 0.6) is 0 Å². The van der Waals surface area contributed by atoms with Crippen molar-refractivity contribution in [2.24, 2.45) is 5.73 Å². The smallest absolute Gasteiger partial charge is 0.292 e.